The Labute approximate surface area is 173 Å². The molecule has 7 heteroatoms. The summed E-state index contributed by atoms with van der Waals surface area (Å²) in [5.74, 6) is -0.297. The van der Waals surface area contributed by atoms with Gasteiger partial charge in [-0.05, 0) is 43.4 Å². The van der Waals surface area contributed by atoms with Gasteiger partial charge in [-0.2, -0.15) is 0 Å². The summed E-state index contributed by atoms with van der Waals surface area (Å²) in [6.07, 6.45) is 0.821. The first-order valence-corrected chi connectivity index (χ1v) is 9.79. The summed E-state index contributed by atoms with van der Waals surface area (Å²) in [5.41, 5.74) is 3.94. The maximum Gasteiger partial charge on any atom is 0.411 e. The zero-order valence-electron chi connectivity index (χ0n) is 16.8. The molecule has 1 heterocycles. The van der Waals surface area contributed by atoms with E-state index in [0.29, 0.717) is 30.0 Å². The third kappa shape index (κ3) is 3.54. The summed E-state index contributed by atoms with van der Waals surface area (Å²) in [6, 6.07) is 15.3. The van der Waals surface area contributed by atoms with Gasteiger partial charge in [0.1, 0.15) is 11.4 Å². The van der Waals surface area contributed by atoms with Crippen LogP contribution in [0.3, 0.4) is 0 Å². The fourth-order valence-electron chi connectivity index (χ4n) is 3.53. The SMILES string of the molecule is CCOC(=O)Nc1c(C)noc1-c1ccc(-c2ccc(C3(C(=O)O)CC3)cc2)cc1. The number of carboxylic acid groups (broad SMARTS) is 1. The summed E-state index contributed by atoms with van der Waals surface area (Å²) < 4.78 is 10.3. The van der Waals surface area contributed by atoms with Crippen molar-refractivity contribution in [3.05, 3.63) is 59.8 Å². The normalized spacial score (nSPS) is 14.2. The summed E-state index contributed by atoms with van der Waals surface area (Å²) in [6.45, 7) is 3.75. The number of carbonyl (C=O) groups is 2. The minimum atomic E-state index is -0.755. The first-order valence-electron chi connectivity index (χ1n) is 9.79. The molecule has 1 amide bonds. The lowest BCUT2D eigenvalue weighted by atomic mass is 9.93. The minimum Gasteiger partial charge on any atom is -0.481 e. The predicted octanol–water partition coefficient (Wildman–Crippen LogP) is 5.00. The summed E-state index contributed by atoms with van der Waals surface area (Å²) in [7, 11) is 0. The van der Waals surface area contributed by atoms with Gasteiger partial charge in [0.2, 0.25) is 0 Å². The Morgan fingerprint density at radius 3 is 2.17 bits per heavy atom. The molecular weight excluding hydrogens is 384 g/mol. The van der Waals surface area contributed by atoms with E-state index in [1.165, 1.54) is 0 Å². The van der Waals surface area contributed by atoms with E-state index in [0.717, 1.165) is 22.3 Å². The number of aryl methyl sites for hydroxylation is 1. The molecule has 1 saturated carbocycles. The first kappa shape index (κ1) is 19.7. The zero-order chi connectivity index (χ0) is 21.3. The van der Waals surface area contributed by atoms with Crippen molar-refractivity contribution >= 4 is 17.7 Å². The molecule has 2 N–H and O–H groups in total. The fourth-order valence-corrected chi connectivity index (χ4v) is 3.53. The average molecular weight is 406 g/mol. The molecule has 7 nitrogen and oxygen atoms in total. The Morgan fingerprint density at radius 1 is 1.07 bits per heavy atom. The molecular formula is C23H22N2O5. The average Bonchev–Trinajstić information content (AvgIpc) is 3.49. The van der Waals surface area contributed by atoms with Crippen molar-refractivity contribution in [3.8, 4) is 22.5 Å². The molecule has 2 aromatic carbocycles. The fraction of sp³-hybridized carbons (Fsp3) is 0.261. The van der Waals surface area contributed by atoms with Crippen LogP contribution in [0.4, 0.5) is 10.5 Å². The number of nitrogens with one attached hydrogen (secondary N) is 1. The third-order valence-corrected chi connectivity index (χ3v) is 5.44. The number of carboxylic acids is 1. The van der Waals surface area contributed by atoms with E-state index in [4.69, 9.17) is 9.26 Å². The van der Waals surface area contributed by atoms with E-state index in [1.807, 2.05) is 48.5 Å². The molecule has 0 bridgehead atoms. The van der Waals surface area contributed by atoms with Crippen LogP contribution in [0.2, 0.25) is 0 Å². The van der Waals surface area contributed by atoms with E-state index in [9.17, 15) is 14.7 Å². The van der Waals surface area contributed by atoms with Crippen LogP contribution >= 0.6 is 0 Å². The van der Waals surface area contributed by atoms with Gasteiger partial charge >= 0.3 is 12.1 Å². The van der Waals surface area contributed by atoms with Gasteiger partial charge in [-0.3, -0.25) is 10.1 Å². The highest BCUT2D eigenvalue weighted by molar-refractivity contribution is 5.91. The largest absolute Gasteiger partial charge is 0.481 e. The van der Waals surface area contributed by atoms with Gasteiger partial charge in [0, 0.05) is 5.56 Å². The molecule has 1 aliphatic carbocycles. The van der Waals surface area contributed by atoms with Crippen molar-refractivity contribution in [3.63, 3.8) is 0 Å². The van der Waals surface area contributed by atoms with Crippen molar-refractivity contribution in [2.45, 2.75) is 32.1 Å². The van der Waals surface area contributed by atoms with Crippen molar-refractivity contribution in [2.75, 3.05) is 11.9 Å². The number of anilines is 1. The Kier molecular flexibility index (Phi) is 5.03. The second kappa shape index (κ2) is 7.67. The molecule has 0 radical (unpaired) electrons. The number of hydrogen-bond donors (Lipinski definition) is 2. The molecule has 0 saturated heterocycles. The maximum absolute atomic E-state index is 11.8. The monoisotopic (exact) mass is 406 g/mol. The van der Waals surface area contributed by atoms with Gasteiger partial charge in [0.15, 0.2) is 5.76 Å². The molecule has 0 aliphatic heterocycles. The van der Waals surface area contributed by atoms with E-state index in [2.05, 4.69) is 10.5 Å². The van der Waals surface area contributed by atoms with Gasteiger partial charge in [-0.25, -0.2) is 4.79 Å². The van der Waals surface area contributed by atoms with Crippen molar-refractivity contribution < 1.29 is 24.0 Å². The molecule has 1 aromatic heterocycles. The predicted molar refractivity (Wildman–Crippen MR) is 111 cm³/mol. The quantitative estimate of drug-likeness (QED) is 0.597. The standard InChI is InChI=1S/C23H22N2O5/c1-3-29-22(28)24-19-14(2)25-30-20(19)17-6-4-15(5-7-17)16-8-10-18(11-9-16)23(12-13-23)21(26)27/h4-11H,3,12-13H2,1-2H3,(H,24,28)(H,26,27). The Hall–Kier alpha value is -3.61. The molecule has 30 heavy (non-hydrogen) atoms. The van der Waals surface area contributed by atoms with Gasteiger partial charge in [-0.15, -0.1) is 0 Å². The van der Waals surface area contributed by atoms with Crippen molar-refractivity contribution in [1.29, 1.82) is 0 Å². The highest BCUT2D eigenvalue weighted by Crippen LogP contribution is 2.48. The van der Waals surface area contributed by atoms with Gasteiger partial charge < -0.3 is 14.4 Å². The van der Waals surface area contributed by atoms with E-state index in [1.54, 1.807) is 13.8 Å². The summed E-state index contributed by atoms with van der Waals surface area (Å²) in [5, 5.41) is 16.1. The number of aliphatic carboxylic acids is 1. The Balaban J connectivity index is 1.56. The van der Waals surface area contributed by atoms with Gasteiger partial charge in [-0.1, -0.05) is 53.7 Å². The number of hydrogen-bond acceptors (Lipinski definition) is 5. The number of benzene rings is 2. The van der Waals surface area contributed by atoms with E-state index in [-0.39, 0.29) is 6.61 Å². The van der Waals surface area contributed by atoms with Crippen molar-refractivity contribution in [2.24, 2.45) is 0 Å². The minimum absolute atomic E-state index is 0.270. The molecule has 1 aliphatic rings. The molecule has 154 valence electrons. The number of carbonyl (C=O) groups excluding carboxylic acids is 1. The number of nitrogens with zero attached hydrogens (tertiary/aromatic N) is 1. The second-order valence-corrected chi connectivity index (χ2v) is 7.36. The molecule has 4 rings (SSSR count). The third-order valence-electron chi connectivity index (χ3n) is 5.44. The van der Waals surface area contributed by atoms with Crippen LogP contribution < -0.4 is 5.32 Å². The number of amides is 1. The smallest absolute Gasteiger partial charge is 0.411 e. The Morgan fingerprint density at radius 2 is 1.63 bits per heavy atom. The van der Waals surface area contributed by atoms with E-state index < -0.39 is 17.5 Å². The van der Waals surface area contributed by atoms with Crippen LogP contribution in [0.1, 0.15) is 31.0 Å². The van der Waals surface area contributed by atoms with Crippen LogP contribution in [0.25, 0.3) is 22.5 Å². The van der Waals surface area contributed by atoms with Crippen LogP contribution in [0.15, 0.2) is 53.1 Å². The highest BCUT2D eigenvalue weighted by Gasteiger charge is 2.51. The lowest BCUT2D eigenvalue weighted by Crippen LogP contribution is -2.19. The van der Waals surface area contributed by atoms with Gasteiger partial charge in [0.05, 0.1) is 12.0 Å². The van der Waals surface area contributed by atoms with Gasteiger partial charge in [0.25, 0.3) is 0 Å². The lowest BCUT2D eigenvalue weighted by molar-refractivity contribution is -0.140. The maximum atomic E-state index is 11.8. The van der Waals surface area contributed by atoms with Crippen molar-refractivity contribution in [1.82, 2.24) is 5.16 Å². The molecule has 1 fully saturated rings. The van der Waals surface area contributed by atoms with Crippen LogP contribution in [-0.2, 0) is 14.9 Å². The zero-order valence-corrected chi connectivity index (χ0v) is 16.8. The molecule has 3 aromatic rings. The van der Waals surface area contributed by atoms with Crippen LogP contribution in [-0.4, -0.2) is 28.9 Å². The number of rotatable bonds is 6. The number of ether oxygens (including phenoxy) is 1. The number of aromatic nitrogens is 1. The lowest BCUT2D eigenvalue weighted by Gasteiger charge is -2.11. The summed E-state index contributed by atoms with van der Waals surface area (Å²) >= 11 is 0. The van der Waals surface area contributed by atoms with Crippen LogP contribution in [0, 0.1) is 6.92 Å². The molecule has 0 atom stereocenters. The topological polar surface area (TPSA) is 102 Å². The van der Waals surface area contributed by atoms with Crippen LogP contribution in [0.5, 0.6) is 0 Å². The van der Waals surface area contributed by atoms with E-state index >= 15 is 0 Å². The first-order chi connectivity index (χ1) is 14.4. The Bertz CT molecular complexity index is 1080. The summed E-state index contributed by atoms with van der Waals surface area (Å²) in [4.78, 5) is 23.3. The highest BCUT2D eigenvalue weighted by atomic mass is 16.5. The molecule has 0 spiro atoms. The molecule has 0 unspecified atom stereocenters. The second-order valence-electron chi connectivity index (χ2n) is 7.36.